The van der Waals surface area contributed by atoms with E-state index in [-0.39, 0.29) is 46.0 Å². The molecule has 2 aliphatic rings. The molecule has 1 N–H and O–H groups in total. The zero-order chi connectivity index (χ0) is 36.6. The zero-order valence-electron chi connectivity index (χ0n) is 31.8. The molecule has 14 heteroatoms. The number of aldehydes is 1. The van der Waals surface area contributed by atoms with Gasteiger partial charge in [-0.1, -0.05) is 54.1 Å². The van der Waals surface area contributed by atoms with Gasteiger partial charge in [0, 0.05) is 81.0 Å². The van der Waals surface area contributed by atoms with Crippen LogP contribution in [-0.2, 0) is 40.6 Å². The van der Waals surface area contributed by atoms with Crippen molar-refractivity contribution in [3.05, 3.63) is 44.5 Å². The van der Waals surface area contributed by atoms with Gasteiger partial charge in [0.25, 0.3) is 11.1 Å². The van der Waals surface area contributed by atoms with Crippen molar-refractivity contribution in [2.75, 3.05) is 55.8 Å². The summed E-state index contributed by atoms with van der Waals surface area (Å²) in [6.07, 6.45) is 13.5. The third kappa shape index (κ3) is 17.0. The number of hydrogen-bond acceptors (Lipinski definition) is 10. The van der Waals surface area contributed by atoms with Gasteiger partial charge in [0.2, 0.25) is 0 Å². The number of carbonyl (C=O) groups excluding carboxylic acids is 1. The van der Waals surface area contributed by atoms with Gasteiger partial charge in [-0.25, -0.2) is 9.97 Å². The average Bonchev–Trinajstić information content (AvgIpc) is 3.08. The molecule has 0 radical (unpaired) electrons. The Bertz CT molecular complexity index is 1430. The Balaban J connectivity index is 0.000000501. The maximum Gasteiger partial charge on any atom is 0.295 e. The number of ether oxygens (including phenoxy) is 2. The summed E-state index contributed by atoms with van der Waals surface area (Å²) in [5.41, 5.74) is 1.47. The second-order valence-corrected chi connectivity index (χ2v) is 27.2. The minimum absolute atomic E-state index is 0. The Morgan fingerprint density at radius 2 is 1.10 bits per heavy atom. The van der Waals surface area contributed by atoms with Crippen LogP contribution in [0.25, 0.3) is 0 Å². The summed E-state index contributed by atoms with van der Waals surface area (Å²) in [5.74, 6) is 1.06. The second-order valence-electron chi connectivity index (χ2n) is 16.0. The molecule has 0 aliphatic carbocycles. The summed E-state index contributed by atoms with van der Waals surface area (Å²) in [5, 5.41) is 9.09. The molecule has 0 amide bonds. The second kappa shape index (κ2) is 23.9. The van der Waals surface area contributed by atoms with Crippen molar-refractivity contribution in [1.82, 2.24) is 19.1 Å². The van der Waals surface area contributed by atoms with Crippen LogP contribution in [0.15, 0.2) is 22.0 Å². The van der Waals surface area contributed by atoms with E-state index in [9.17, 15) is 14.4 Å². The van der Waals surface area contributed by atoms with Crippen LogP contribution in [0.5, 0.6) is 0 Å². The van der Waals surface area contributed by atoms with Crippen molar-refractivity contribution in [3.63, 3.8) is 0 Å². The van der Waals surface area contributed by atoms with Crippen LogP contribution in [0.3, 0.4) is 0 Å². The van der Waals surface area contributed by atoms with Gasteiger partial charge in [-0.2, -0.15) is 0 Å². The highest BCUT2D eigenvalue weighted by Crippen LogP contribution is 2.17. The molecule has 0 aromatic carbocycles. The van der Waals surface area contributed by atoms with Gasteiger partial charge >= 0.3 is 0 Å². The van der Waals surface area contributed by atoms with E-state index in [2.05, 4.69) is 59.0 Å². The molecular formula is C38H72N6O6Si2. The maximum atomic E-state index is 12.8. The summed E-state index contributed by atoms with van der Waals surface area (Å²) in [6.45, 7) is 19.4. The van der Waals surface area contributed by atoms with Crippen LogP contribution in [0, 0.1) is 0 Å². The molecule has 0 bridgehead atoms. The molecule has 0 unspecified atom stereocenters. The van der Waals surface area contributed by atoms with Crippen LogP contribution in [0.1, 0.15) is 77.6 Å². The van der Waals surface area contributed by atoms with Crippen LogP contribution in [0.2, 0.25) is 51.4 Å². The Morgan fingerprint density at radius 3 is 1.46 bits per heavy atom. The molecule has 2 aliphatic heterocycles. The first-order valence-electron chi connectivity index (χ1n) is 18.7. The van der Waals surface area contributed by atoms with E-state index in [4.69, 9.17) is 14.6 Å². The molecule has 2 fully saturated rings. The number of aryl methyl sites for hydroxylation is 2. The Hall–Kier alpha value is -2.66. The number of aromatic nitrogens is 4. The number of nitrogens with zero attached hydrogens (tertiary/aromatic N) is 6. The summed E-state index contributed by atoms with van der Waals surface area (Å²) >= 11 is 0. The summed E-state index contributed by atoms with van der Waals surface area (Å²) in [7, 11) is -2.28. The fourth-order valence-electron chi connectivity index (χ4n) is 5.76. The largest absolute Gasteiger partial charge is 0.396 e. The fourth-order valence-corrected chi connectivity index (χ4v) is 7.28. The first kappa shape index (κ1) is 47.4. The monoisotopic (exact) mass is 765 g/mol. The molecule has 0 saturated carbocycles. The molecule has 2 aromatic heterocycles. The summed E-state index contributed by atoms with van der Waals surface area (Å²) < 4.78 is 14.8. The minimum atomic E-state index is -1.15. The third-order valence-electron chi connectivity index (χ3n) is 8.89. The molecule has 2 saturated heterocycles. The van der Waals surface area contributed by atoms with Crippen molar-refractivity contribution in [1.29, 1.82) is 0 Å². The quantitative estimate of drug-likeness (QED) is 0.103. The van der Waals surface area contributed by atoms with Crippen molar-refractivity contribution >= 4 is 34.1 Å². The number of aliphatic hydroxyl groups excluding tert-OH is 1. The van der Waals surface area contributed by atoms with E-state index < -0.39 is 16.1 Å². The lowest BCUT2D eigenvalue weighted by atomic mass is 10.1. The van der Waals surface area contributed by atoms with E-state index in [0.29, 0.717) is 50.5 Å². The Morgan fingerprint density at radius 1 is 0.692 bits per heavy atom. The highest BCUT2D eigenvalue weighted by Gasteiger charge is 2.20. The molecule has 0 spiro atoms. The van der Waals surface area contributed by atoms with Crippen molar-refractivity contribution in [3.8, 4) is 0 Å². The van der Waals surface area contributed by atoms with Gasteiger partial charge in [-0.15, -0.1) is 0 Å². The van der Waals surface area contributed by atoms with Gasteiger partial charge in [-0.05, 0) is 69.9 Å². The van der Waals surface area contributed by atoms with Gasteiger partial charge in [0.15, 0.2) is 11.6 Å². The van der Waals surface area contributed by atoms with E-state index in [0.717, 1.165) is 81.6 Å². The first-order chi connectivity index (χ1) is 23.8. The van der Waals surface area contributed by atoms with Crippen molar-refractivity contribution < 1.29 is 19.4 Å². The lowest BCUT2D eigenvalue weighted by Crippen LogP contribution is -2.37. The van der Waals surface area contributed by atoms with Crippen LogP contribution in [-0.4, -0.2) is 92.6 Å². The van der Waals surface area contributed by atoms with E-state index in [1.54, 1.807) is 21.5 Å². The van der Waals surface area contributed by atoms with Crippen LogP contribution in [0.4, 0.5) is 11.6 Å². The topological polar surface area (TPSA) is 132 Å². The summed E-state index contributed by atoms with van der Waals surface area (Å²) in [6, 6.07) is 2.16. The number of piperidine rings is 2. The highest BCUT2D eigenvalue weighted by atomic mass is 28.3. The minimum Gasteiger partial charge on any atom is -0.396 e. The van der Waals surface area contributed by atoms with Gasteiger partial charge in [0.05, 0.1) is 11.4 Å². The van der Waals surface area contributed by atoms with Gasteiger partial charge in [0.1, 0.15) is 19.7 Å². The lowest BCUT2D eigenvalue weighted by Gasteiger charge is -2.28. The molecule has 12 nitrogen and oxygen atoms in total. The van der Waals surface area contributed by atoms with Crippen molar-refractivity contribution in [2.24, 2.45) is 0 Å². The molecular weight excluding hydrogens is 693 g/mol. The third-order valence-corrected chi connectivity index (χ3v) is 12.3. The lowest BCUT2D eigenvalue weighted by molar-refractivity contribution is -0.107. The average molecular weight is 765 g/mol. The van der Waals surface area contributed by atoms with Crippen molar-refractivity contribution in [2.45, 2.75) is 144 Å². The van der Waals surface area contributed by atoms with E-state index >= 15 is 0 Å². The van der Waals surface area contributed by atoms with E-state index in [1.807, 2.05) is 0 Å². The first-order valence-corrected chi connectivity index (χ1v) is 26.1. The maximum absolute atomic E-state index is 12.8. The van der Waals surface area contributed by atoms with Gasteiger partial charge in [-0.3, -0.25) is 18.7 Å². The van der Waals surface area contributed by atoms with Gasteiger partial charge < -0.3 is 29.2 Å². The van der Waals surface area contributed by atoms with E-state index in [1.165, 1.54) is 12.8 Å². The number of aliphatic hydroxyl groups is 1. The molecule has 0 atom stereocenters. The number of carbonyl (C=O) groups is 1. The smallest absolute Gasteiger partial charge is 0.295 e. The number of anilines is 2. The summed E-state index contributed by atoms with van der Waals surface area (Å²) in [4.78, 5) is 49.6. The molecule has 52 heavy (non-hydrogen) atoms. The number of hydrogen-bond donors (Lipinski definition) is 1. The Kier molecular flexibility index (Phi) is 21.8. The fraction of sp³-hybridized carbons (Fsp3) is 0.763. The van der Waals surface area contributed by atoms with Crippen LogP contribution < -0.4 is 20.9 Å². The normalized spacial score (nSPS) is 14.9. The standard InChI is InChI=1S/C18H33N3O3Si.C18H31N3O3Si.2CH4/c2*1-25(2,3)13-12-24-15-21-14-16(8-7-11-22)19-17(18(21)23)20-9-5-4-6-10-20;;/h14,22H,4-13,15H2,1-3H3;11,14H,4-10,12-13,15H2,1-3H3;2*1H4. The SMILES string of the molecule is C.C.C[Si](C)(C)CCOCn1cc(CCC=O)nc(N2CCCCC2)c1=O.C[Si](C)(C)CCOCn1cc(CCCO)nc(N2CCCCC2)c1=O. The molecule has 2 aromatic rings. The molecule has 4 heterocycles. The van der Waals surface area contributed by atoms with Crippen LogP contribution >= 0.6 is 0 Å². The zero-order valence-corrected chi connectivity index (χ0v) is 33.8. The molecule has 298 valence electrons. The number of rotatable bonds is 18. The Labute approximate surface area is 316 Å². The highest BCUT2D eigenvalue weighted by molar-refractivity contribution is 6.76. The predicted octanol–water partition coefficient (Wildman–Crippen LogP) is 6.42. The molecule has 4 rings (SSSR count). The predicted molar refractivity (Wildman–Crippen MR) is 221 cm³/mol.